The van der Waals surface area contributed by atoms with Crippen molar-refractivity contribution in [2.24, 2.45) is 0 Å². The molecule has 0 aliphatic carbocycles. The van der Waals surface area contributed by atoms with E-state index in [2.05, 4.69) is 6.58 Å². The van der Waals surface area contributed by atoms with Crippen LogP contribution < -0.4 is 4.74 Å². The van der Waals surface area contributed by atoms with Gasteiger partial charge in [0.15, 0.2) is 23.0 Å². The maximum Gasteiger partial charge on any atom is 0.202 e. The fourth-order valence-electron chi connectivity index (χ4n) is 2.15. The van der Waals surface area contributed by atoms with Crippen molar-refractivity contribution < 1.29 is 25.2 Å². The van der Waals surface area contributed by atoms with Gasteiger partial charge in [0.25, 0.3) is 0 Å². The number of hydrogen-bond acceptors (Lipinski definition) is 5. The summed E-state index contributed by atoms with van der Waals surface area (Å²) in [6.45, 7) is 5.55. The van der Waals surface area contributed by atoms with Gasteiger partial charge in [-0.1, -0.05) is 12.6 Å². The monoisotopic (exact) mass is 288 g/mol. The molecule has 0 radical (unpaired) electrons. The van der Waals surface area contributed by atoms with Crippen LogP contribution in [0.4, 0.5) is 0 Å². The Hall–Kier alpha value is -2.82. The Morgan fingerprint density at radius 1 is 1.00 bits per heavy atom. The lowest BCUT2D eigenvalue weighted by Crippen LogP contribution is -1.93. The molecule has 0 atom stereocenters. The van der Waals surface area contributed by atoms with Gasteiger partial charge in [-0.2, -0.15) is 0 Å². The molecule has 21 heavy (non-hydrogen) atoms. The van der Waals surface area contributed by atoms with Crippen molar-refractivity contribution in [2.45, 2.75) is 6.92 Å². The first-order valence-corrected chi connectivity index (χ1v) is 6.18. The molecule has 0 aliphatic rings. The van der Waals surface area contributed by atoms with Gasteiger partial charge in [0.05, 0.1) is 7.11 Å². The fourth-order valence-corrected chi connectivity index (χ4v) is 2.15. The van der Waals surface area contributed by atoms with Gasteiger partial charge in [-0.15, -0.1) is 0 Å². The third-order valence-electron chi connectivity index (χ3n) is 3.34. The number of aromatic hydroxyl groups is 4. The van der Waals surface area contributed by atoms with Crippen molar-refractivity contribution in [1.82, 2.24) is 0 Å². The molecule has 2 aromatic rings. The van der Waals surface area contributed by atoms with Crippen LogP contribution in [-0.4, -0.2) is 27.5 Å². The van der Waals surface area contributed by atoms with Gasteiger partial charge in [-0.3, -0.25) is 0 Å². The quantitative estimate of drug-likeness (QED) is 0.652. The molecule has 110 valence electrons. The van der Waals surface area contributed by atoms with Crippen LogP contribution in [0.15, 0.2) is 30.8 Å². The van der Waals surface area contributed by atoms with Gasteiger partial charge < -0.3 is 25.2 Å². The molecule has 5 nitrogen and oxygen atoms in total. The summed E-state index contributed by atoms with van der Waals surface area (Å²) >= 11 is 0. The van der Waals surface area contributed by atoms with Gasteiger partial charge in [0.1, 0.15) is 0 Å². The Bertz CT molecular complexity index is 696. The van der Waals surface area contributed by atoms with Crippen LogP contribution in [-0.2, 0) is 0 Å². The minimum Gasteiger partial charge on any atom is -0.504 e. The molecule has 2 rings (SSSR count). The zero-order valence-corrected chi connectivity index (χ0v) is 11.7. The standard InChI is InChI=1S/C16H16O5/c1-8(11-4-5-12(17)15(20)9(11)2)10-6-13(18)16(21-3)14(19)7-10/h4-7,17-20H,1H2,2-3H3. The molecule has 0 heterocycles. The van der Waals surface area contributed by atoms with Crippen molar-refractivity contribution in [3.05, 3.63) is 47.5 Å². The van der Waals surface area contributed by atoms with Crippen molar-refractivity contribution in [1.29, 1.82) is 0 Å². The van der Waals surface area contributed by atoms with E-state index in [0.717, 1.165) is 0 Å². The Morgan fingerprint density at radius 3 is 2.10 bits per heavy atom. The first-order valence-electron chi connectivity index (χ1n) is 6.18. The predicted octanol–water partition coefficient (Wildman–Crippen LogP) is 2.89. The topological polar surface area (TPSA) is 90.2 Å². The molecular formula is C16H16O5. The van der Waals surface area contributed by atoms with E-state index in [-0.39, 0.29) is 28.7 Å². The highest BCUT2D eigenvalue weighted by atomic mass is 16.5. The van der Waals surface area contributed by atoms with E-state index in [0.29, 0.717) is 22.3 Å². The maximum atomic E-state index is 9.82. The molecule has 0 spiro atoms. The van der Waals surface area contributed by atoms with Crippen LogP contribution in [0, 0.1) is 6.92 Å². The molecule has 0 fully saturated rings. The summed E-state index contributed by atoms with van der Waals surface area (Å²) < 4.78 is 4.87. The predicted molar refractivity (Wildman–Crippen MR) is 79.0 cm³/mol. The Balaban J connectivity index is 2.53. The van der Waals surface area contributed by atoms with Crippen LogP contribution in [0.5, 0.6) is 28.7 Å². The average Bonchev–Trinajstić information content (AvgIpc) is 2.44. The lowest BCUT2D eigenvalue weighted by molar-refractivity contribution is 0.344. The van der Waals surface area contributed by atoms with E-state index in [1.54, 1.807) is 13.0 Å². The minimum absolute atomic E-state index is 0.0168. The normalized spacial score (nSPS) is 10.4. The lowest BCUT2D eigenvalue weighted by atomic mass is 9.94. The Kier molecular flexibility index (Phi) is 3.67. The van der Waals surface area contributed by atoms with E-state index in [4.69, 9.17) is 4.74 Å². The summed E-state index contributed by atoms with van der Waals surface area (Å²) in [6, 6.07) is 5.77. The molecule has 4 N–H and O–H groups in total. The van der Waals surface area contributed by atoms with Crippen LogP contribution >= 0.6 is 0 Å². The van der Waals surface area contributed by atoms with E-state index < -0.39 is 0 Å². The third kappa shape index (κ3) is 2.45. The van der Waals surface area contributed by atoms with E-state index in [9.17, 15) is 20.4 Å². The van der Waals surface area contributed by atoms with Crippen LogP contribution in [0.2, 0.25) is 0 Å². The highest BCUT2D eigenvalue weighted by Gasteiger charge is 2.15. The van der Waals surface area contributed by atoms with E-state index in [1.165, 1.54) is 25.3 Å². The summed E-state index contributed by atoms with van der Waals surface area (Å²) in [6.07, 6.45) is 0. The molecule has 2 aromatic carbocycles. The van der Waals surface area contributed by atoms with Gasteiger partial charge in [-0.05, 0) is 41.8 Å². The molecule has 0 unspecified atom stereocenters. The van der Waals surface area contributed by atoms with Crippen molar-refractivity contribution >= 4 is 5.57 Å². The smallest absolute Gasteiger partial charge is 0.202 e. The summed E-state index contributed by atoms with van der Waals surface area (Å²) in [4.78, 5) is 0. The number of hydrogen-bond donors (Lipinski definition) is 4. The number of rotatable bonds is 3. The molecule has 0 aliphatic heterocycles. The fraction of sp³-hybridized carbons (Fsp3) is 0.125. The first-order chi connectivity index (χ1) is 9.86. The summed E-state index contributed by atoms with van der Waals surface area (Å²) in [5, 5.41) is 38.9. The highest BCUT2D eigenvalue weighted by molar-refractivity contribution is 5.83. The molecule has 0 bridgehead atoms. The maximum absolute atomic E-state index is 9.82. The highest BCUT2D eigenvalue weighted by Crippen LogP contribution is 2.41. The van der Waals surface area contributed by atoms with Gasteiger partial charge in [-0.25, -0.2) is 0 Å². The summed E-state index contributed by atoms with van der Waals surface area (Å²) in [7, 11) is 1.34. The van der Waals surface area contributed by atoms with Gasteiger partial charge >= 0.3 is 0 Å². The molecule has 0 amide bonds. The molecular weight excluding hydrogens is 272 g/mol. The van der Waals surface area contributed by atoms with Crippen LogP contribution in [0.1, 0.15) is 16.7 Å². The average molecular weight is 288 g/mol. The van der Waals surface area contributed by atoms with Gasteiger partial charge in [0, 0.05) is 5.56 Å². The van der Waals surface area contributed by atoms with E-state index in [1.807, 2.05) is 0 Å². The number of methoxy groups -OCH3 is 1. The van der Waals surface area contributed by atoms with Crippen LogP contribution in [0.3, 0.4) is 0 Å². The Labute approximate surface area is 122 Å². The largest absolute Gasteiger partial charge is 0.504 e. The van der Waals surface area contributed by atoms with Gasteiger partial charge in [0.2, 0.25) is 5.75 Å². The minimum atomic E-state index is -0.226. The Morgan fingerprint density at radius 2 is 1.57 bits per heavy atom. The SMILES string of the molecule is C=C(c1cc(O)c(OC)c(O)c1)c1ccc(O)c(O)c1C. The van der Waals surface area contributed by atoms with E-state index >= 15 is 0 Å². The lowest BCUT2D eigenvalue weighted by Gasteiger charge is -2.14. The second-order valence-electron chi connectivity index (χ2n) is 4.63. The second kappa shape index (κ2) is 5.28. The van der Waals surface area contributed by atoms with Crippen molar-refractivity contribution in [2.75, 3.05) is 7.11 Å². The molecule has 5 heteroatoms. The second-order valence-corrected chi connectivity index (χ2v) is 4.63. The zero-order chi connectivity index (χ0) is 15.7. The number of phenolic OH excluding ortho intramolecular Hbond substituents is 4. The van der Waals surface area contributed by atoms with Crippen molar-refractivity contribution in [3.63, 3.8) is 0 Å². The zero-order valence-electron chi connectivity index (χ0n) is 11.7. The first kappa shape index (κ1) is 14.6. The molecule has 0 aromatic heterocycles. The van der Waals surface area contributed by atoms with Crippen molar-refractivity contribution in [3.8, 4) is 28.7 Å². The molecule has 0 saturated heterocycles. The third-order valence-corrected chi connectivity index (χ3v) is 3.34. The molecule has 0 saturated carbocycles. The number of ether oxygens (including phenoxy) is 1. The van der Waals surface area contributed by atoms with Crippen LogP contribution in [0.25, 0.3) is 5.57 Å². The summed E-state index contributed by atoms with van der Waals surface area (Å²) in [5.41, 5.74) is 2.00. The number of phenols is 4. The summed E-state index contributed by atoms with van der Waals surface area (Å²) in [5.74, 6) is -0.888. The number of benzene rings is 2.